The van der Waals surface area contributed by atoms with Gasteiger partial charge in [0.25, 0.3) is 0 Å². The van der Waals surface area contributed by atoms with Crippen molar-refractivity contribution in [2.45, 2.75) is 76.7 Å². The number of halogens is 1. The predicted octanol–water partition coefficient (Wildman–Crippen LogP) is 8.01. The summed E-state index contributed by atoms with van der Waals surface area (Å²) >= 11 is 7.18. The lowest BCUT2D eigenvalue weighted by molar-refractivity contribution is -0.138. The lowest BCUT2D eigenvalue weighted by Crippen LogP contribution is -2.35. The highest BCUT2D eigenvalue weighted by Gasteiger charge is 2.26. The Morgan fingerprint density at radius 2 is 1.68 bits per heavy atom. The van der Waals surface area contributed by atoms with E-state index in [4.69, 9.17) is 26.5 Å². The molecule has 4 aromatic rings. The van der Waals surface area contributed by atoms with Crippen LogP contribution in [-0.4, -0.2) is 68.0 Å². The number of carbonyl (C=O) groups excluding carboxylic acids is 1. The number of hydrogen-bond acceptors (Lipinski definition) is 9. The van der Waals surface area contributed by atoms with Gasteiger partial charge in [-0.25, -0.2) is 0 Å². The summed E-state index contributed by atoms with van der Waals surface area (Å²) in [7, 11) is 5.36. The van der Waals surface area contributed by atoms with Gasteiger partial charge in [0.1, 0.15) is 11.5 Å². The van der Waals surface area contributed by atoms with Crippen LogP contribution in [0.4, 0.5) is 5.69 Å². The summed E-state index contributed by atoms with van der Waals surface area (Å²) in [5, 5.41) is 38.3. The van der Waals surface area contributed by atoms with E-state index in [0.29, 0.717) is 60.5 Å². The number of nitrogens with one attached hydrogen (secondary N) is 4. The van der Waals surface area contributed by atoms with E-state index in [9.17, 15) is 20.0 Å². The van der Waals surface area contributed by atoms with Crippen molar-refractivity contribution < 1.29 is 24.2 Å². The molecule has 57 heavy (non-hydrogen) atoms. The number of carbonyl (C=O) groups is 2. The van der Waals surface area contributed by atoms with Gasteiger partial charge in [-0.15, -0.1) is 0 Å². The minimum absolute atomic E-state index is 0.0993. The smallest absolute Gasteiger partial charge is 0.303 e. The fourth-order valence-corrected chi connectivity index (χ4v) is 8.53. The summed E-state index contributed by atoms with van der Waals surface area (Å²) in [5.74, 6) is 1.03. The van der Waals surface area contributed by atoms with E-state index in [1.807, 2.05) is 66.7 Å². The van der Waals surface area contributed by atoms with E-state index >= 15 is 0 Å². The molecule has 2 aliphatic rings. The number of rotatable bonds is 17. The topological polar surface area (TPSA) is 160 Å². The second-order valence-electron chi connectivity index (χ2n) is 15.0. The van der Waals surface area contributed by atoms with Crippen LogP contribution >= 0.6 is 11.6 Å². The molecule has 1 atom stereocenters. The van der Waals surface area contributed by atoms with Crippen molar-refractivity contribution in [2.24, 2.45) is 5.92 Å². The van der Waals surface area contributed by atoms with E-state index < -0.39 is 5.97 Å². The number of hydrogen-bond donors (Lipinski definition) is 5. The van der Waals surface area contributed by atoms with Gasteiger partial charge in [0.15, 0.2) is 0 Å². The van der Waals surface area contributed by atoms with Crippen LogP contribution in [0.3, 0.4) is 0 Å². The lowest BCUT2D eigenvalue weighted by Gasteiger charge is -2.34. The highest BCUT2D eigenvalue weighted by atomic mass is 35.5. The number of anilines is 1. The molecule has 6 rings (SSSR count). The van der Waals surface area contributed by atoms with Gasteiger partial charge in [-0.3, -0.25) is 14.5 Å². The van der Waals surface area contributed by atoms with Crippen molar-refractivity contribution in [1.29, 1.82) is 10.7 Å². The van der Waals surface area contributed by atoms with E-state index in [0.717, 1.165) is 82.5 Å². The molecule has 1 aliphatic carbocycles. The zero-order valence-electron chi connectivity index (χ0n) is 32.8. The summed E-state index contributed by atoms with van der Waals surface area (Å²) < 4.78 is 11.6. The van der Waals surface area contributed by atoms with Crippen LogP contribution in [-0.2, 0) is 29.2 Å². The molecule has 11 nitrogen and oxygen atoms in total. The highest BCUT2D eigenvalue weighted by Crippen LogP contribution is 2.40. The molecule has 5 N–H and O–H groups in total. The number of nitrogens with zero attached hydrogens (tertiary/aromatic N) is 2. The molecule has 2 fully saturated rings. The Labute approximate surface area is 339 Å². The average molecular weight is 791 g/mol. The lowest BCUT2D eigenvalue weighted by atomic mass is 9.83. The third-order valence-electron chi connectivity index (χ3n) is 11.3. The second-order valence-corrected chi connectivity index (χ2v) is 15.4. The first-order valence-electron chi connectivity index (χ1n) is 19.5. The Bertz CT molecular complexity index is 2140. The Morgan fingerprint density at radius 1 is 0.965 bits per heavy atom. The van der Waals surface area contributed by atoms with Crippen molar-refractivity contribution in [3.05, 3.63) is 99.6 Å². The molecule has 0 aromatic heterocycles. The maximum absolute atomic E-state index is 11.6. The van der Waals surface area contributed by atoms with Crippen LogP contribution in [0.25, 0.3) is 22.3 Å². The third-order valence-corrected chi connectivity index (χ3v) is 11.8. The van der Waals surface area contributed by atoms with E-state index in [2.05, 4.69) is 34.0 Å². The zero-order chi connectivity index (χ0) is 40.5. The van der Waals surface area contributed by atoms with Gasteiger partial charge < -0.3 is 35.9 Å². The van der Waals surface area contributed by atoms with Crippen molar-refractivity contribution in [1.82, 2.24) is 15.5 Å². The highest BCUT2D eigenvalue weighted by molar-refractivity contribution is 6.36. The number of ether oxygens (including phenoxy) is 2. The normalized spacial score (nSPS) is 17.8. The maximum atomic E-state index is 11.6. The maximum Gasteiger partial charge on any atom is 0.303 e. The first kappa shape index (κ1) is 41.2. The van der Waals surface area contributed by atoms with E-state index in [-0.39, 0.29) is 24.3 Å². The largest absolute Gasteiger partial charge is 0.496 e. The number of carboxylic acid groups (broad SMARTS) is 1. The first-order chi connectivity index (χ1) is 27.6. The number of benzene rings is 4. The average Bonchev–Trinajstić information content (AvgIpc) is 3.64. The van der Waals surface area contributed by atoms with Crippen LogP contribution in [0.15, 0.2) is 66.7 Å². The first-order valence-corrected chi connectivity index (χ1v) is 19.9. The van der Waals surface area contributed by atoms with E-state index in [1.165, 1.54) is 6.21 Å². The molecule has 1 saturated carbocycles. The van der Waals surface area contributed by atoms with Gasteiger partial charge in [-0.1, -0.05) is 54.1 Å². The molecule has 298 valence electrons. The van der Waals surface area contributed by atoms with Gasteiger partial charge >= 0.3 is 5.97 Å². The predicted molar refractivity (Wildman–Crippen MR) is 224 cm³/mol. The zero-order valence-corrected chi connectivity index (χ0v) is 33.5. The fraction of sp³-hybridized carbons (Fsp3) is 0.378. The van der Waals surface area contributed by atoms with Crippen LogP contribution < -0.4 is 25.4 Å². The molecule has 1 aliphatic heterocycles. The minimum Gasteiger partial charge on any atom is -0.496 e. The molecule has 0 radical (unpaired) electrons. The molecule has 1 saturated heterocycles. The molecule has 12 heteroatoms. The van der Waals surface area contributed by atoms with Crippen LogP contribution in [0.5, 0.6) is 11.5 Å². The van der Waals surface area contributed by atoms with Gasteiger partial charge in [-0.05, 0) is 86.0 Å². The molecule has 4 aromatic carbocycles. The van der Waals surface area contributed by atoms with Crippen molar-refractivity contribution >= 4 is 35.4 Å². The third kappa shape index (κ3) is 9.95. The molecule has 1 heterocycles. The molecule has 1 amide bonds. The Kier molecular flexibility index (Phi) is 13.9. The van der Waals surface area contributed by atoms with Gasteiger partial charge in [0.2, 0.25) is 5.91 Å². The van der Waals surface area contributed by atoms with Gasteiger partial charge in [0, 0.05) is 90.8 Å². The van der Waals surface area contributed by atoms with Crippen molar-refractivity contribution in [2.75, 3.05) is 33.1 Å². The summed E-state index contributed by atoms with van der Waals surface area (Å²) in [5.41, 5.74) is 7.92. The Balaban J connectivity index is 1.17. The SMILES string of the molecule is COc1cc(-c2cccc(-c3cccc(NCc4cc(OC)c(CN(C)C5CCC(CC(=O)O)CC5)cc4C#N)c3C=N)c2Cl)ccc1CNCC1CCC(=O)N1. The van der Waals surface area contributed by atoms with E-state index in [1.54, 1.807) is 14.2 Å². The molecule has 0 spiro atoms. The number of carboxylic acids is 1. The van der Waals surface area contributed by atoms with Crippen LogP contribution in [0.1, 0.15) is 72.8 Å². The summed E-state index contributed by atoms with van der Waals surface area (Å²) in [4.78, 5) is 25.0. The fourth-order valence-electron chi connectivity index (χ4n) is 8.20. The molecule has 0 bridgehead atoms. The number of methoxy groups -OCH3 is 2. The van der Waals surface area contributed by atoms with Crippen molar-refractivity contribution in [3.8, 4) is 39.8 Å². The van der Waals surface area contributed by atoms with Crippen molar-refractivity contribution in [3.63, 3.8) is 0 Å². The molecular weight excluding hydrogens is 740 g/mol. The number of aliphatic carboxylic acids is 1. The van der Waals surface area contributed by atoms with Crippen LogP contribution in [0, 0.1) is 22.7 Å². The number of nitriles is 1. The molecule has 1 unspecified atom stereocenters. The standard InChI is InChI=1S/C45H51ClN6O5/c1-52(35-15-10-28(11-16-35)18-44(54)55)27-33-19-31(22-47)32(21-42(33)57-3)25-50-40-9-5-7-37(39(40)23-48)38-8-4-6-36(45(38)46)29-12-13-30(41(20-29)56-2)24-49-26-34-14-17-43(53)51-34/h4-9,12-13,19-21,23,28,34-35,48-50H,10-11,14-18,24-27H2,1-3H3,(H,51,53)(H,54,55). The van der Waals surface area contributed by atoms with Gasteiger partial charge in [-0.2, -0.15) is 5.26 Å². The second kappa shape index (κ2) is 19.2. The minimum atomic E-state index is -0.731. The van der Waals surface area contributed by atoms with Crippen LogP contribution in [0.2, 0.25) is 5.02 Å². The summed E-state index contributed by atoms with van der Waals surface area (Å²) in [6.45, 7) is 2.22. The summed E-state index contributed by atoms with van der Waals surface area (Å²) in [6.07, 6.45) is 6.64. The molecular formula is C45H51ClN6O5. The quantitative estimate of drug-likeness (QED) is 0.0668. The monoisotopic (exact) mass is 790 g/mol. The Morgan fingerprint density at radius 3 is 2.37 bits per heavy atom. The summed E-state index contributed by atoms with van der Waals surface area (Å²) in [6, 6.07) is 24.4. The number of amides is 1. The van der Waals surface area contributed by atoms with Gasteiger partial charge in [0.05, 0.1) is 30.9 Å². The Hall–Kier alpha value is -5.41.